The zero-order chi connectivity index (χ0) is 18.6. The maximum Gasteiger partial charge on any atom is 0.222 e. The summed E-state index contributed by atoms with van der Waals surface area (Å²) in [5.41, 5.74) is 3.78. The van der Waals surface area contributed by atoms with Crippen LogP contribution in [0.1, 0.15) is 76.8 Å². The van der Waals surface area contributed by atoms with E-state index in [0.29, 0.717) is 0 Å². The molecule has 0 aromatic heterocycles. The van der Waals surface area contributed by atoms with Crippen LogP contribution in [0.3, 0.4) is 0 Å². The lowest BCUT2D eigenvalue weighted by Gasteiger charge is -2.38. The number of hydrogen-bond donors (Lipinski definition) is 0. The lowest BCUT2D eigenvalue weighted by Crippen LogP contribution is -2.30. The Kier molecular flexibility index (Phi) is 6.88. The van der Waals surface area contributed by atoms with Gasteiger partial charge in [-0.2, -0.15) is 0 Å². The van der Waals surface area contributed by atoms with E-state index in [-0.39, 0.29) is 13.0 Å². The normalized spacial score (nSPS) is 17.2. The zero-order valence-corrected chi connectivity index (χ0v) is 19.0. The predicted molar refractivity (Wildman–Crippen MR) is 123 cm³/mol. The topological polar surface area (TPSA) is 34.1 Å². The van der Waals surface area contributed by atoms with Crippen molar-refractivity contribution in [2.45, 2.75) is 50.4 Å². The highest BCUT2D eigenvalue weighted by Crippen LogP contribution is 2.45. The second-order valence-corrected chi connectivity index (χ2v) is 8.98. The van der Waals surface area contributed by atoms with E-state index >= 15 is 0 Å². The van der Waals surface area contributed by atoms with Crippen LogP contribution < -0.4 is 0 Å². The molecule has 0 saturated heterocycles. The van der Waals surface area contributed by atoms with E-state index < -0.39 is 0 Å². The van der Waals surface area contributed by atoms with Gasteiger partial charge in [-0.3, -0.25) is 9.59 Å². The summed E-state index contributed by atoms with van der Waals surface area (Å²) in [6, 6.07) is 16.1. The minimum atomic E-state index is -0.148. The quantitative estimate of drug-likeness (QED) is 0.296. The molecule has 0 bridgehead atoms. The van der Waals surface area contributed by atoms with Gasteiger partial charge < -0.3 is 0 Å². The first-order chi connectivity index (χ1) is 12.5. The maximum absolute atomic E-state index is 12.3. The van der Waals surface area contributed by atoms with Crippen LogP contribution in [-0.4, -0.2) is 7.58 Å². The number of carbonyl (C=O) groups excluding carboxylic acids is 2. The van der Waals surface area contributed by atoms with Crippen LogP contribution in [-0.2, 0) is 5.41 Å². The van der Waals surface area contributed by atoms with Crippen LogP contribution in [0.2, 0.25) is 0 Å². The Morgan fingerprint density at radius 1 is 0.731 bits per heavy atom. The largest absolute Gasteiger partial charge is 0.282 e. The minimum Gasteiger partial charge on any atom is -0.282 e. The second kappa shape index (κ2) is 8.95. The van der Waals surface area contributed by atoms with Crippen LogP contribution in [0, 0.1) is 0 Å². The summed E-state index contributed by atoms with van der Waals surface area (Å²) in [4.78, 5) is 24.0. The molecule has 0 radical (unpaired) electrons. The first-order valence-electron chi connectivity index (χ1n) is 9.14. The van der Waals surface area contributed by atoms with Gasteiger partial charge in [0.2, 0.25) is 7.58 Å². The first kappa shape index (κ1) is 20.0. The molecule has 2 aromatic rings. The van der Waals surface area contributed by atoms with Crippen LogP contribution in [0.4, 0.5) is 0 Å². The highest BCUT2D eigenvalue weighted by molar-refractivity contribution is 14.1. The Hall–Kier alpha value is -0.760. The molecule has 1 saturated carbocycles. The van der Waals surface area contributed by atoms with Crippen LogP contribution in [0.15, 0.2) is 48.5 Å². The van der Waals surface area contributed by atoms with E-state index in [1.165, 1.54) is 24.8 Å². The van der Waals surface area contributed by atoms with Crippen molar-refractivity contribution < 1.29 is 9.59 Å². The SMILES string of the molecule is O=C(I)c1ccc(C2(c3ccccc3C(=O)I)CCCCCCC2)cc1. The Labute approximate surface area is 182 Å². The van der Waals surface area contributed by atoms with E-state index in [9.17, 15) is 9.59 Å². The Balaban J connectivity index is 2.16. The van der Waals surface area contributed by atoms with Crippen molar-refractivity contribution in [3.63, 3.8) is 0 Å². The van der Waals surface area contributed by atoms with Gasteiger partial charge in [-0.15, -0.1) is 0 Å². The highest BCUT2D eigenvalue weighted by Gasteiger charge is 2.36. The second-order valence-electron chi connectivity index (χ2n) is 7.02. The van der Waals surface area contributed by atoms with Crippen LogP contribution in [0.5, 0.6) is 0 Å². The van der Waals surface area contributed by atoms with Gasteiger partial charge in [-0.25, -0.2) is 0 Å². The van der Waals surface area contributed by atoms with Gasteiger partial charge in [-0.05, 0) is 24.0 Å². The van der Waals surface area contributed by atoms with Gasteiger partial charge in [0.1, 0.15) is 0 Å². The van der Waals surface area contributed by atoms with Gasteiger partial charge in [0.15, 0.2) is 0 Å². The fourth-order valence-corrected chi connectivity index (χ4v) is 5.04. The highest BCUT2D eigenvalue weighted by atomic mass is 127. The van der Waals surface area contributed by atoms with E-state index in [0.717, 1.165) is 42.4 Å². The number of halogens is 2. The summed E-state index contributed by atoms with van der Waals surface area (Å²) < 4.78 is 0.155. The van der Waals surface area contributed by atoms with Gasteiger partial charge in [0, 0.05) is 61.7 Å². The molecule has 0 aliphatic heterocycles. The number of rotatable bonds is 4. The van der Waals surface area contributed by atoms with E-state index in [4.69, 9.17) is 0 Å². The van der Waals surface area contributed by atoms with Crippen LogP contribution >= 0.6 is 45.2 Å². The third-order valence-corrected chi connectivity index (χ3v) is 6.73. The maximum atomic E-state index is 12.3. The summed E-state index contributed by atoms with van der Waals surface area (Å²) in [5, 5.41) is 0. The van der Waals surface area contributed by atoms with E-state index in [2.05, 4.69) is 18.2 Å². The molecule has 1 aliphatic carbocycles. The van der Waals surface area contributed by atoms with Crippen LogP contribution in [0.25, 0.3) is 0 Å². The lowest BCUT2D eigenvalue weighted by molar-refractivity contribution is 0.109. The Bertz CT molecular complexity index is 788. The summed E-state index contributed by atoms with van der Waals surface area (Å²) in [5.74, 6) is 0. The Morgan fingerprint density at radius 2 is 1.31 bits per heavy atom. The summed E-state index contributed by atoms with van der Waals surface area (Å²) in [6.07, 6.45) is 8.20. The molecule has 3 rings (SSSR count). The molecule has 0 spiro atoms. The molecular weight excluding hydrogens is 550 g/mol. The van der Waals surface area contributed by atoms with Gasteiger partial charge >= 0.3 is 0 Å². The Morgan fingerprint density at radius 3 is 1.88 bits per heavy atom. The molecule has 2 nitrogen and oxygen atoms in total. The molecule has 0 amide bonds. The molecule has 0 unspecified atom stereocenters. The third-order valence-electron chi connectivity index (χ3n) is 5.53. The van der Waals surface area contributed by atoms with Crippen molar-refractivity contribution in [3.05, 3.63) is 70.8 Å². The van der Waals surface area contributed by atoms with Gasteiger partial charge in [-0.1, -0.05) is 80.6 Å². The minimum absolute atomic E-state index is 0.0590. The third kappa shape index (κ3) is 4.21. The smallest absolute Gasteiger partial charge is 0.222 e. The monoisotopic (exact) mass is 572 g/mol. The number of hydrogen-bond acceptors (Lipinski definition) is 2. The first-order valence-corrected chi connectivity index (χ1v) is 11.3. The summed E-state index contributed by atoms with van der Waals surface area (Å²) in [6.45, 7) is 0. The van der Waals surface area contributed by atoms with Crippen molar-refractivity contribution in [1.29, 1.82) is 0 Å². The fraction of sp³-hybridized carbons (Fsp3) is 0.364. The number of carbonyl (C=O) groups is 2. The molecule has 136 valence electrons. The van der Waals surface area contributed by atoms with Crippen molar-refractivity contribution in [2.75, 3.05) is 0 Å². The molecule has 0 atom stereocenters. The molecule has 2 aromatic carbocycles. The van der Waals surface area contributed by atoms with Gasteiger partial charge in [0.05, 0.1) is 0 Å². The molecular formula is C22H22I2O2. The molecule has 1 fully saturated rings. The van der Waals surface area contributed by atoms with E-state index in [1.54, 1.807) is 0 Å². The average molecular weight is 572 g/mol. The van der Waals surface area contributed by atoms with E-state index in [1.807, 2.05) is 75.5 Å². The zero-order valence-electron chi connectivity index (χ0n) is 14.6. The molecule has 0 heterocycles. The van der Waals surface area contributed by atoms with Crippen molar-refractivity contribution in [2.24, 2.45) is 0 Å². The summed E-state index contributed by atoms with van der Waals surface area (Å²) in [7, 11) is 0. The van der Waals surface area contributed by atoms with Crippen molar-refractivity contribution >= 4 is 52.8 Å². The number of benzene rings is 2. The van der Waals surface area contributed by atoms with Gasteiger partial charge in [0.25, 0.3) is 0 Å². The standard InChI is InChI=1S/C22H22I2O2/c23-20(25)16-10-12-17(13-11-16)22(14-6-2-1-3-7-15-22)19-9-5-4-8-18(19)21(24)26/h4-5,8-13H,1-3,6-7,14-15H2. The van der Waals surface area contributed by atoms with Crippen molar-refractivity contribution in [1.82, 2.24) is 0 Å². The fourth-order valence-electron chi connectivity index (χ4n) is 4.21. The molecule has 4 heteroatoms. The molecule has 0 N–H and O–H groups in total. The lowest BCUT2D eigenvalue weighted by atomic mass is 9.66. The molecule has 26 heavy (non-hydrogen) atoms. The van der Waals surface area contributed by atoms with Crippen molar-refractivity contribution in [3.8, 4) is 0 Å². The predicted octanol–water partition coefficient (Wildman–Crippen LogP) is 6.87. The molecule has 1 aliphatic rings. The average Bonchev–Trinajstić information content (AvgIpc) is 2.62. The summed E-state index contributed by atoms with van der Waals surface area (Å²) >= 11 is 3.73.